The van der Waals surface area contributed by atoms with E-state index < -0.39 is 40.0 Å². The molecule has 2 aromatic carbocycles. The molecule has 61 heavy (non-hydrogen) atoms. The molecule has 1 fully saturated rings. The van der Waals surface area contributed by atoms with E-state index in [2.05, 4.69) is 18.9 Å². The smallest absolute Gasteiger partial charge is 0.355 e. The molecule has 0 bridgehead atoms. The van der Waals surface area contributed by atoms with E-state index in [-0.39, 0.29) is 70.2 Å². The van der Waals surface area contributed by atoms with Gasteiger partial charge in [-0.2, -0.15) is 13.5 Å². The number of furan rings is 1. The van der Waals surface area contributed by atoms with Gasteiger partial charge in [0.1, 0.15) is 47.1 Å². The number of amides is 2. The average molecular weight is 960 g/mol. The van der Waals surface area contributed by atoms with Crippen molar-refractivity contribution in [2.45, 2.75) is 89.4 Å². The van der Waals surface area contributed by atoms with Gasteiger partial charge in [0.2, 0.25) is 5.91 Å². The number of aryl methyl sites for hydroxylation is 3. The fraction of sp³-hybridized carbons (Fsp3) is 0.475. The van der Waals surface area contributed by atoms with E-state index in [0.717, 1.165) is 41.8 Å². The molecule has 3 heterocycles. The van der Waals surface area contributed by atoms with Crippen LogP contribution in [-0.4, -0.2) is 85.8 Å². The number of halogens is 8. The van der Waals surface area contributed by atoms with Crippen LogP contribution in [0.2, 0.25) is 5.02 Å². The molecular weight excluding hydrogens is 913 g/mol. The minimum absolute atomic E-state index is 0.0371. The molecule has 0 saturated carbocycles. The summed E-state index contributed by atoms with van der Waals surface area (Å²) < 4.78 is 61.7. The number of anilines is 1. The van der Waals surface area contributed by atoms with Crippen LogP contribution < -0.4 is 10.6 Å². The predicted octanol–water partition coefficient (Wildman–Crippen LogP) is 8.95. The predicted molar refractivity (Wildman–Crippen MR) is 228 cm³/mol. The van der Waals surface area contributed by atoms with Crippen molar-refractivity contribution in [3.05, 3.63) is 98.3 Å². The summed E-state index contributed by atoms with van der Waals surface area (Å²) in [5.74, 6) is -1.75. The number of alkyl halides is 6. The summed E-state index contributed by atoms with van der Waals surface area (Å²) >= 11 is 28.8. The van der Waals surface area contributed by atoms with E-state index in [1.807, 2.05) is 24.3 Å². The van der Waals surface area contributed by atoms with Crippen LogP contribution in [-0.2, 0) is 47.9 Å². The number of nitrogens with zero attached hydrogens (tertiary/aromatic N) is 5. The van der Waals surface area contributed by atoms with Gasteiger partial charge in [-0.15, -0.1) is 28.3 Å². The quantitative estimate of drug-likeness (QED) is 0.0689. The lowest BCUT2D eigenvalue weighted by atomic mass is 10.0. The summed E-state index contributed by atoms with van der Waals surface area (Å²) in [6.45, 7) is 8.17. The Kier molecular flexibility index (Phi) is 20.0. The molecule has 1 saturated heterocycles. The third kappa shape index (κ3) is 13.1. The maximum atomic E-state index is 14.2. The van der Waals surface area contributed by atoms with Crippen molar-refractivity contribution in [2.75, 3.05) is 37.8 Å². The Morgan fingerprint density at radius 3 is 2.16 bits per heavy atom. The van der Waals surface area contributed by atoms with Crippen LogP contribution in [0.15, 0.2) is 57.9 Å². The van der Waals surface area contributed by atoms with E-state index in [0.29, 0.717) is 17.0 Å². The highest BCUT2D eigenvalue weighted by atomic mass is 35.5. The van der Waals surface area contributed by atoms with Gasteiger partial charge >= 0.3 is 18.2 Å². The standard InChI is InChI=1S/C15H14Cl2F3N3O3.C14H20ClNO2.C11H13Cl2NO3/c1-3-26-13(24)10(17)4-8-5-12(11(18)6-9(8)16)23-15(25)22(14(19)20)7(2)21-23;1-4-11-7-6-8-12(5-2)14(11)16(10-18-3)13(17)9-15;1-11(2)14(10(15)9(12)13)6-8(17-11)7-4-3-5-16-7/h5-6,10,14H,3-4H2,1-2H3;6-8H,4-5,9-10H2,1-3H3;3-5,8-9H,6H2,1-2H3. The second-order valence-corrected chi connectivity index (χ2v) is 15.8. The van der Waals surface area contributed by atoms with E-state index in [9.17, 15) is 32.3 Å². The molecule has 0 radical (unpaired) electrons. The molecule has 2 aromatic heterocycles. The minimum atomic E-state index is -3.12. The van der Waals surface area contributed by atoms with Crippen molar-refractivity contribution in [3.8, 4) is 5.69 Å². The molecule has 0 spiro atoms. The lowest BCUT2D eigenvalue weighted by Gasteiger charge is -2.29. The largest absolute Gasteiger partial charge is 0.467 e. The number of para-hydroxylation sites is 1. The van der Waals surface area contributed by atoms with Gasteiger partial charge in [0.15, 0.2) is 10.7 Å². The summed E-state index contributed by atoms with van der Waals surface area (Å²) in [6, 6.07) is 11.7. The Balaban J connectivity index is 0.000000252. The monoisotopic (exact) mass is 957 g/mol. The van der Waals surface area contributed by atoms with E-state index >= 15 is 0 Å². The van der Waals surface area contributed by atoms with Gasteiger partial charge in [0.05, 0.1) is 25.1 Å². The van der Waals surface area contributed by atoms with Gasteiger partial charge in [-0.05, 0) is 81.5 Å². The summed E-state index contributed by atoms with van der Waals surface area (Å²) in [5.41, 5.74) is 1.13. The lowest BCUT2D eigenvalue weighted by Crippen LogP contribution is -2.45. The molecule has 21 heteroatoms. The number of aromatic nitrogens is 3. The third-order valence-electron chi connectivity index (χ3n) is 9.11. The number of rotatable bonds is 14. The number of methoxy groups -OCH3 is 1. The lowest BCUT2D eigenvalue weighted by molar-refractivity contribution is -0.144. The molecule has 1 aliphatic rings. The van der Waals surface area contributed by atoms with Gasteiger partial charge in [0, 0.05) is 18.6 Å². The number of hydrogen-bond acceptors (Lipinski definition) is 9. The minimum Gasteiger partial charge on any atom is -0.467 e. The van der Waals surface area contributed by atoms with Crippen molar-refractivity contribution < 1.29 is 46.2 Å². The zero-order valence-corrected chi connectivity index (χ0v) is 38.2. The molecule has 0 aliphatic carbocycles. The van der Waals surface area contributed by atoms with Crippen molar-refractivity contribution in [2.24, 2.45) is 0 Å². The number of esters is 1. The zero-order chi connectivity index (χ0) is 45.8. The number of ether oxygens (including phenoxy) is 3. The van der Waals surface area contributed by atoms with Crippen LogP contribution >= 0.6 is 58.0 Å². The van der Waals surface area contributed by atoms with Crippen molar-refractivity contribution in [1.29, 1.82) is 0 Å². The molecule has 2 unspecified atom stereocenters. The molecule has 5 rings (SSSR count). The van der Waals surface area contributed by atoms with Crippen LogP contribution in [0.5, 0.6) is 0 Å². The first-order chi connectivity index (χ1) is 28.8. The first kappa shape index (κ1) is 51.6. The van der Waals surface area contributed by atoms with Gasteiger partial charge in [0.25, 0.3) is 5.91 Å². The second kappa shape index (κ2) is 23.6. The van der Waals surface area contributed by atoms with E-state index in [1.54, 1.807) is 45.1 Å². The maximum absolute atomic E-state index is 14.2. The highest BCUT2D eigenvalue weighted by Crippen LogP contribution is 2.37. The number of carbonyl (C=O) groups excluding carboxylic acids is 3. The average Bonchev–Trinajstić information content (AvgIpc) is 3.94. The Bertz CT molecular complexity index is 2130. The first-order valence-corrected chi connectivity index (χ1v) is 21.0. The SMILES string of the molecule is CC1(C)OC(c2ccco2)CN1C(=O)C(Cl)Cl.CCOC(=O)C(Cl)Cc1cc(-n2nc(C)n(C(F)F)c2=O)c(F)cc1Cl.CCc1cccc(CC)c1N(COC)C(=O)CCl. The summed E-state index contributed by atoms with van der Waals surface area (Å²) in [7, 11) is 1.58. The van der Waals surface area contributed by atoms with Gasteiger partial charge in [-0.3, -0.25) is 19.3 Å². The van der Waals surface area contributed by atoms with Gasteiger partial charge in [-0.1, -0.05) is 66.8 Å². The Morgan fingerprint density at radius 2 is 1.67 bits per heavy atom. The summed E-state index contributed by atoms with van der Waals surface area (Å²) in [6.07, 6.45) is 2.92. The summed E-state index contributed by atoms with van der Waals surface area (Å²) in [5, 5.41) is 2.52. The zero-order valence-electron chi connectivity index (χ0n) is 34.4. The highest BCUT2D eigenvalue weighted by Gasteiger charge is 2.45. The molecule has 2 atom stereocenters. The number of hydrogen-bond donors (Lipinski definition) is 0. The Morgan fingerprint density at radius 1 is 1.03 bits per heavy atom. The van der Waals surface area contributed by atoms with Gasteiger partial charge < -0.3 is 23.5 Å². The van der Waals surface area contributed by atoms with E-state index in [4.69, 9.17) is 76.6 Å². The van der Waals surface area contributed by atoms with Crippen LogP contribution in [0, 0.1) is 12.7 Å². The van der Waals surface area contributed by atoms with E-state index in [1.165, 1.54) is 11.8 Å². The van der Waals surface area contributed by atoms with Crippen LogP contribution in [0.3, 0.4) is 0 Å². The molecule has 13 nitrogen and oxygen atoms in total. The maximum Gasteiger partial charge on any atom is 0.355 e. The normalized spacial score (nSPS) is 14.9. The van der Waals surface area contributed by atoms with Crippen molar-refractivity contribution in [3.63, 3.8) is 0 Å². The van der Waals surface area contributed by atoms with Gasteiger partial charge in [-0.25, -0.2) is 13.8 Å². The molecule has 2 amide bonds. The Hall–Kier alpha value is -3.77. The molecule has 0 N–H and O–H groups in total. The van der Waals surface area contributed by atoms with Crippen LogP contribution in [0.25, 0.3) is 5.69 Å². The fourth-order valence-electron chi connectivity index (χ4n) is 6.22. The van der Waals surface area contributed by atoms with Crippen LogP contribution in [0.1, 0.15) is 75.5 Å². The van der Waals surface area contributed by atoms with Crippen molar-refractivity contribution in [1.82, 2.24) is 19.2 Å². The van der Waals surface area contributed by atoms with Crippen molar-refractivity contribution >= 4 is 81.5 Å². The number of carbonyl (C=O) groups is 3. The topological polar surface area (TPSA) is 138 Å². The number of benzene rings is 2. The second-order valence-electron chi connectivity index (χ2n) is 13.5. The molecule has 336 valence electrons. The third-order valence-corrected chi connectivity index (χ3v) is 10.4. The molecular formula is C40H47Cl5F3N5O8. The fourth-order valence-corrected chi connectivity index (χ4v) is 7.06. The molecule has 4 aromatic rings. The summed E-state index contributed by atoms with van der Waals surface area (Å²) in [4.78, 5) is 49.6. The van der Waals surface area contributed by atoms with Crippen LogP contribution in [0.4, 0.5) is 18.9 Å². The molecule has 1 aliphatic heterocycles. The Labute approximate surface area is 376 Å². The first-order valence-electron chi connectivity index (χ1n) is 18.8. The highest BCUT2D eigenvalue weighted by molar-refractivity contribution is 6.53.